The molecule has 3 aromatic heterocycles. The number of nitrogens with zero attached hydrogens (tertiary/aromatic N) is 4. The van der Waals surface area contributed by atoms with Crippen molar-refractivity contribution in [3.05, 3.63) is 46.3 Å². The maximum atomic E-state index is 12.4. The maximum Gasteiger partial charge on any atom is 0.263 e. The summed E-state index contributed by atoms with van der Waals surface area (Å²) in [5.41, 5.74) is -0.707. The minimum absolute atomic E-state index is 0.0196. The van der Waals surface area contributed by atoms with Crippen LogP contribution in [0.15, 0.2) is 34.3 Å². The van der Waals surface area contributed by atoms with Crippen LogP contribution in [0, 0.1) is 6.92 Å². The van der Waals surface area contributed by atoms with Gasteiger partial charge in [0.2, 0.25) is 0 Å². The highest BCUT2D eigenvalue weighted by Gasteiger charge is 2.28. The van der Waals surface area contributed by atoms with E-state index in [-0.39, 0.29) is 12.5 Å². The Morgan fingerprint density at radius 1 is 1.48 bits per heavy atom. The average Bonchev–Trinajstić information content (AvgIpc) is 3.24. The highest BCUT2D eigenvalue weighted by atomic mass is 32.1. The molecule has 1 amide bonds. The van der Waals surface area contributed by atoms with Gasteiger partial charge in [0.25, 0.3) is 5.91 Å². The van der Waals surface area contributed by atoms with E-state index in [9.17, 15) is 9.90 Å². The summed E-state index contributed by atoms with van der Waals surface area (Å²) in [6, 6.07) is 5.21. The van der Waals surface area contributed by atoms with Crippen molar-refractivity contribution in [2.45, 2.75) is 19.4 Å². The number of furan rings is 1. The summed E-state index contributed by atoms with van der Waals surface area (Å²) in [5.74, 6) is 0.794. The highest BCUT2D eigenvalue weighted by molar-refractivity contribution is 7.12. The molecule has 0 fully saturated rings. The molecule has 23 heavy (non-hydrogen) atoms. The number of thiophene rings is 1. The Hall–Kier alpha value is -2.52. The largest absolute Gasteiger partial charge is 0.463 e. The fourth-order valence-electron chi connectivity index (χ4n) is 2.07. The Kier molecular flexibility index (Phi) is 3.97. The lowest BCUT2D eigenvalue weighted by Crippen LogP contribution is -2.38. The van der Waals surface area contributed by atoms with Crippen molar-refractivity contribution in [1.29, 1.82) is 0 Å². The molecule has 3 rings (SSSR count). The Balaban J connectivity index is 1.72. The minimum Gasteiger partial charge on any atom is -0.463 e. The van der Waals surface area contributed by atoms with Gasteiger partial charge in [-0.3, -0.25) is 4.79 Å². The molecule has 120 valence electrons. The molecule has 3 aromatic rings. The molecular formula is C14H15N5O3S. The third-order valence-corrected chi connectivity index (χ3v) is 4.21. The summed E-state index contributed by atoms with van der Waals surface area (Å²) in [6.07, 6.45) is 1.42. The van der Waals surface area contributed by atoms with E-state index < -0.39 is 5.60 Å². The van der Waals surface area contributed by atoms with Crippen molar-refractivity contribution < 1.29 is 14.3 Å². The second-order valence-corrected chi connectivity index (χ2v) is 6.17. The van der Waals surface area contributed by atoms with Gasteiger partial charge in [-0.05, 0) is 47.9 Å². The third-order valence-electron chi connectivity index (χ3n) is 3.31. The zero-order chi connectivity index (χ0) is 16.4. The van der Waals surface area contributed by atoms with Crippen molar-refractivity contribution in [1.82, 2.24) is 25.5 Å². The van der Waals surface area contributed by atoms with E-state index in [1.807, 2.05) is 0 Å². The molecule has 1 atom stereocenters. The van der Waals surface area contributed by atoms with E-state index in [1.165, 1.54) is 22.3 Å². The van der Waals surface area contributed by atoms with Crippen LogP contribution >= 0.6 is 11.3 Å². The number of carbonyl (C=O) groups is 1. The number of aryl methyl sites for hydroxylation is 1. The van der Waals surface area contributed by atoms with Gasteiger partial charge in [0.05, 0.1) is 12.2 Å². The molecule has 0 bridgehead atoms. The molecule has 0 saturated heterocycles. The van der Waals surface area contributed by atoms with Crippen LogP contribution in [0.2, 0.25) is 0 Å². The number of hydrogen-bond donors (Lipinski definition) is 2. The molecular weight excluding hydrogens is 318 g/mol. The van der Waals surface area contributed by atoms with Crippen LogP contribution in [-0.2, 0) is 5.60 Å². The molecule has 0 radical (unpaired) electrons. The summed E-state index contributed by atoms with van der Waals surface area (Å²) in [6.45, 7) is 3.40. The minimum atomic E-state index is -1.30. The van der Waals surface area contributed by atoms with Gasteiger partial charge in [0.1, 0.15) is 28.3 Å². The van der Waals surface area contributed by atoms with Gasteiger partial charge in [-0.25, -0.2) is 0 Å². The summed E-state index contributed by atoms with van der Waals surface area (Å²) in [4.78, 5) is 12.8. The second-order valence-electron chi connectivity index (χ2n) is 5.26. The Labute approximate surface area is 135 Å². The van der Waals surface area contributed by atoms with Crippen LogP contribution in [0.4, 0.5) is 0 Å². The lowest BCUT2D eigenvalue weighted by atomic mass is 10.0. The Bertz CT molecular complexity index is 806. The van der Waals surface area contributed by atoms with Gasteiger partial charge in [0, 0.05) is 0 Å². The number of aliphatic hydroxyl groups is 1. The molecule has 0 saturated carbocycles. The van der Waals surface area contributed by atoms with Crippen molar-refractivity contribution >= 4 is 17.2 Å². The van der Waals surface area contributed by atoms with E-state index >= 15 is 0 Å². The van der Waals surface area contributed by atoms with Crippen LogP contribution in [0.25, 0.3) is 5.69 Å². The van der Waals surface area contributed by atoms with E-state index in [0.29, 0.717) is 22.1 Å². The van der Waals surface area contributed by atoms with Crippen LogP contribution in [-0.4, -0.2) is 37.8 Å². The van der Waals surface area contributed by atoms with Crippen molar-refractivity contribution in [2.75, 3.05) is 6.54 Å². The molecule has 0 spiro atoms. The topological polar surface area (TPSA) is 106 Å². The molecule has 0 aromatic carbocycles. The number of carbonyl (C=O) groups excluding carboxylic acids is 1. The van der Waals surface area contributed by atoms with Crippen LogP contribution in [0.5, 0.6) is 0 Å². The van der Waals surface area contributed by atoms with E-state index in [2.05, 4.69) is 20.8 Å². The first-order valence-electron chi connectivity index (χ1n) is 6.86. The third kappa shape index (κ3) is 3.15. The molecule has 3 heterocycles. The molecule has 0 unspecified atom stereocenters. The SMILES string of the molecule is Cc1ccc([C@@](C)(O)CNC(=O)c2sccc2-n2cnnn2)o1. The first-order valence-corrected chi connectivity index (χ1v) is 7.74. The summed E-state index contributed by atoms with van der Waals surface area (Å²) in [7, 11) is 0. The van der Waals surface area contributed by atoms with Gasteiger partial charge in [-0.15, -0.1) is 16.4 Å². The van der Waals surface area contributed by atoms with Gasteiger partial charge < -0.3 is 14.8 Å². The average molecular weight is 333 g/mol. The zero-order valence-electron chi connectivity index (χ0n) is 12.6. The zero-order valence-corrected chi connectivity index (χ0v) is 13.4. The first-order chi connectivity index (χ1) is 11.0. The fourth-order valence-corrected chi connectivity index (χ4v) is 2.86. The summed E-state index contributed by atoms with van der Waals surface area (Å²) in [5, 5.41) is 25.8. The van der Waals surface area contributed by atoms with Crippen LogP contribution < -0.4 is 5.32 Å². The quantitative estimate of drug-likeness (QED) is 0.728. The predicted octanol–water partition coefficient (Wildman–Crippen LogP) is 1.26. The number of nitrogens with one attached hydrogen (secondary N) is 1. The molecule has 2 N–H and O–H groups in total. The highest BCUT2D eigenvalue weighted by Crippen LogP contribution is 2.23. The summed E-state index contributed by atoms with van der Waals surface area (Å²) >= 11 is 1.27. The van der Waals surface area contributed by atoms with Gasteiger partial charge in [-0.1, -0.05) is 0 Å². The van der Waals surface area contributed by atoms with Gasteiger partial charge >= 0.3 is 0 Å². The van der Waals surface area contributed by atoms with E-state index in [1.54, 1.807) is 37.4 Å². The molecule has 0 aliphatic rings. The van der Waals surface area contributed by atoms with E-state index in [4.69, 9.17) is 4.42 Å². The normalized spacial score (nSPS) is 13.7. The first kappa shape index (κ1) is 15.4. The van der Waals surface area contributed by atoms with Gasteiger partial charge in [0.15, 0.2) is 0 Å². The van der Waals surface area contributed by atoms with Crippen molar-refractivity contribution in [3.8, 4) is 5.69 Å². The standard InChI is InChI=1S/C14H15N5O3S/c1-9-3-4-11(22-9)14(2,21)7-15-13(20)12-10(5-6-23-12)19-8-16-17-18-19/h3-6,8,21H,7H2,1-2H3,(H,15,20)/t14-/m0/s1. The van der Waals surface area contributed by atoms with Crippen LogP contribution in [0.1, 0.15) is 28.1 Å². The van der Waals surface area contributed by atoms with Crippen LogP contribution in [0.3, 0.4) is 0 Å². The molecule has 9 heteroatoms. The van der Waals surface area contributed by atoms with E-state index in [0.717, 1.165) is 0 Å². The monoisotopic (exact) mass is 333 g/mol. The number of rotatable bonds is 5. The fraction of sp³-hybridized carbons (Fsp3) is 0.286. The Morgan fingerprint density at radius 3 is 2.96 bits per heavy atom. The van der Waals surface area contributed by atoms with Crippen molar-refractivity contribution in [3.63, 3.8) is 0 Å². The van der Waals surface area contributed by atoms with Gasteiger partial charge in [-0.2, -0.15) is 4.68 Å². The lowest BCUT2D eigenvalue weighted by molar-refractivity contribution is 0.0324. The number of tetrazole rings is 1. The second kappa shape index (κ2) is 5.94. The lowest BCUT2D eigenvalue weighted by Gasteiger charge is -2.21. The molecule has 0 aliphatic heterocycles. The predicted molar refractivity (Wildman–Crippen MR) is 82.4 cm³/mol. The number of amides is 1. The number of hydrogen-bond acceptors (Lipinski definition) is 7. The number of aromatic nitrogens is 4. The molecule has 8 nitrogen and oxygen atoms in total. The summed E-state index contributed by atoms with van der Waals surface area (Å²) < 4.78 is 6.84. The Morgan fingerprint density at radius 2 is 2.30 bits per heavy atom. The van der Waals surface area contributed by atoms with Crippen molar-refractivity contribution in [2.24, 2.45) is 0 Å². The maximum absolute atomic E-state index is 12.4. The smallest absolute Gasteiger partial charge is 0.263 e. The molecule has 0 aliphatic carbocycles.